The van der Waals surface area contributed by atoms with E-state index in [1.807, 2.05) is 39.0 Å². The molecule has 1 amide bonds. The number of nitriles is 1. The molecule has 0 spiro atoms. The van der Waals surface area contributed by atoms with Gasteiger partial charge in [0.05, 0.1) is 11.1 Å². The van der Waals surface area contributed by atoms with Gasteiger partial charge in [0.1, 0.15) is 28.0 Å². The van der Waals surface area contributed by atoms with Gasteiger partial charge >= 0.3 is 6.09 Å². The Labute approximate surface area is 161 Å². The molecule has 2 radical (unpaired) electrons. The van der Waals surface area contributed by atoms with E-state index in [0.717, 1.165) is 11.1 Å². The molecule has 1 fully saturated rings. The van der Waals surface area contributed by atoms with Crippen molar-refractivity contribution in [2.24, 2.45) is 0 Å². The number of hydrogen-bond donors (Lipinski definition) is 1. The lowest BCUT2D eigenvalue weighted by Crippen LogP contribution is -2.36. The summed E-state index contributed by atoms with van der Waals surface area (Å²) in [6, 6.07) is 9.73. The highest BCUT2D eigenvalue weighted by Gasteiger charge is 2.34. The third-order valence-corrected chi connectivity index (χ3v) is 4.92. The minimum Gasteiger partial charge on any atom is -0.444 e. The zero-order valence-corrected chi connectivity index (χ0v) is 16.3. The largest absolute Gasteiger partial charge is 0.444 e. The molecule has 3 rings (SSSR count). The predicted molar refractivity (Wildman–Crippen MR) is 101 cm³/mol. The Bertz CT molecular complexity index is 872. The second kappa shape index (κ2) is 7.15. The van der Waals surface area contributed by atoms with Crippen molar-refractivity contribution >= 4 is 39.0 Å². The molecule has 2 unspecified atom stereocenters. The molecule has 6 nitrogen and oxygen atoms in total. The number of amides is 1. The van der Waals surface area contributed by atoms with Crippen LogP contribution in [0.25, 0.3) is 10.9 Å². The first-order valence-electron chi connectivity index (χ1n) is 8.56. The molecule has 132 valence electrons. The summed E-state index contributed by atoms with van der Waals surface area (Å²) in [6.45, 7) is 6.77. The van der Waals surface area contributed by atoms with E-state index in [1.165, 1.54) is 0 Å². The number of hydrogen-bond acceptors (Lipinski definition) is 5. The zero-order valence-electron chi connectivity index (χ0n) is 15.2. The Balaban J connectivity index is 1.79. The molecule has 1 aromatic heterocycles. The number of aromatic nitrogens is 1. The van der Waals surface area contributed by atoms with Gasteiger partial charge in [-0.05, 0) is 45.0 Å². The van der Waals surface area contributed by atoms with Gasteiger partial charge in [-0.15, -0.1) is 0 Å². The molecule has 2 atom stereocenters. The fourth-order valence-corrected chi connectivity index (χ4v) is 3.52. The Morgan fingerprint density at radius 2 is 2.15 bits per heavy atom. The summed E-state index contributed by atoms with van der Waals surface area (Å²) in [5.41, 5.74) is 1.64. The van der Waals surface area contributed by atoms with Crippen LogP contribution in [-0.4, -0.2) is 57.0 Å². The van der Waals surface area contributed by atoms with Crippen molar-refractivity contribution < 1.29 is 9.53 Å². The second-order valence-corrected chi connectivity index (χ2v) is 8.33. The van der Waals surface area contributed by atoms with Crippen molar-refractivity contribution in [3.8, 4) is 6.07 Å². The van der Waals surface area contributed by atoms with E-state index < -0.39 is 5.60 Å². The summed E-state index contributed by atoms with van der Waals surface area (Å²) >= 11 is 2.80. The van der Waals surface area contributed by atoms with Crippen LogP contribution in [0.5, 0.6) is 0 Å². The number of fused-ring (bicyclic) bond motifs is 1. The quantitative estimate of drug-likeness (QED) is 0.829. The van der Waals surface area contributed by atoms with E-state index in [4.69, 9.17) is 4.74 Å². The number of nitrogens with one attached hydrogen (secondary N) is 1. The minimum absolute atomic E-state index is 0.0730. The number of rotatable bonds is 2. The minimum atomic E-state index is -0.506. The van der Waals surface area contributed by atoms with Crippen LogP contribution >= 0.6 is 0 Å². The highest BCUT2D eigenvalue weighted by Crippen LogP contribution is 2.29. The summed E-state index contributed by atoms with van der Waals surface area (Å²) in [5, 5.41) is 13.7. The number of benzene rings is 1. The molecule has 0 saturated carbocycles. The van der Waals surface area contributed by atoms with Crippen molar-refractivity contribution in [1.29, 1.82) is 5.26 Å². The van der Waals surface area contributed by atoms with Gasteiger partial charge in [-0.3, -0.25) is 4.98 Å². The van der Waals surface area contributed by atoms with Gasteiger partial charge in [0.15, 0.2) is 0 Å². The summed E-state index contributed by atoms with van der Waals surface area (Å²) in [4.78, 5) is 18.4. The smallest absolute Gasteiger partial charge is 0.410 e. The average Bonchev–Trinajstić information content (AvgIpc) is 2.95. The Hall–Kier alpha value is -2.28. The summed E-state index contributed by atoms with van der Waals surface area (Å²) in [7, 11) is 0. The third kappa shape index (κ3) is 3.93. The number of carbonyl (C=O) groups is 1. The van der Waals surface area contributed by atoms with Crippen molar-refractivity contribution in [3.63, 3.8) is 0 Å². The van der Waals surface area contributed by atoms with E-state index >= 15 is 0 Å². The zero-order chi connectivity index (χ0) is 18.9. The van der Waals surface area contributed by atoms with Crippen LogP contribution < -0.4 is 5.32 Å². The van der Waals surface area contributed by atoms with Gasteiger partial charge < -0.3 is 15.0 Å². The molecule has 7 heteroatoms. The summed E-state index contributed by atoms with van der Waals surface area (Å²) in [5.74, 6) is 0. The molecule has 1 saturated heterocycles. The normalized spacial score (nSPS) is 20.0. The van der Waals surface area contributed by atoms with Crippen molar-refractivity contribution in [3.05, 3.63) is 36.0 Å². The van der Waals surface area contributed by atoms with Crippen LogP contribution in [0.4, 0.5) is 10.5 Å². The monoisotopic (exact) mass is 364 g/mol. The van der Waals surface area contributed by atoms with E-state index in [-0.39, 0.29) is 16.9 Å². The predicted octanol–water partition coefficient (Wildman–Crippen LogP) is 3.09. The Kier molecular flexibility index (Phi) is 5.09. The molecular weight excluding hydrogens is 343 g/mol. The van der Waals surface area contributed by atoms with Crippen LogP contribution in [0.2, 0.25) is 4.78 Å². The lowest BCUT2D eigenvalue weighted by atomic mass is 10.1. The fourth-order valence-electron chi connectivity index (χ4n) is 3.05. The lowest BCUT2D eigenvalue weighted by molar-refractivity contribution is 0.0293. The van der Waals surface area contributed by atoms with Gasteiger partial charge in [-0.2, -0.15) is 5.26 Å². The van der Waals surface area contributed by atoms with Gasteiger partial charge in [0, 0.05) is 36.4 Å². The van der Waals surface area contributed by atoms with E-state index in [0.29, 0.717) is 24.2 Å². The SMILES string of the molecule is CC(C)(C)OC(=O)N1C[CH]([Al])C(Nc2ccc(C#N)c3ncccc23)C1. The molecule has 1 N–H and O–H groups in total. The molecule has 0 aliphatic carbocycles. The molecule has 0 bridgehead atoms. The number of ether oxygens (including phenoxy) is 1. The number of anilines is 1. The number of carbonyl (C=O) groups excluding carboxylic acids is 1. The van der Waals surface area contributed by atoms with Crippen LogP contribution in [0.3, 0.4) is 0 Å². The van der Waals surface area contributed by atoms with Crippen molar-refractivity contribution in [1.82, 2.24) is 9.88 Å². The van der Waals surface area contributed by atoms with Gasteiger partial charge in [0.25, 0.3) is 0 Å². The van der Waals surface area contributed by atoms with Gasteiger partial charge in [0.2, 0.25) is 0 Å². The van der Waals surface area contributed by atoms with Crippen molar-refractivity contribution in [2.45, 2.75) is 37.2 Å². The topological polar surface area (TPSA) is 78.2 Å². The fraction of sp³-hybridized carbons (Fsp3) is 0.421. The van der Waals surface area contributed by atoms with E-state index in [2.05, 4.69) is 32.7 Å². The average molecular weight is 364 g/mol. The molecule has 2 aromatic rings. The highest BCUT2D eigenvalue weighted by atomic mass is 27.0. The van der Waals surface area contributed by atoms with Crippen LogP contribution in [-0.2, 0) is 4.74 Å². The third-order valence-electron chi connectivity index (χ3n) is 4.25. The molecular formula is C19H21AlN4O2. The molecule has 1 aliphatic heterocycles. The summed E-state index contributed by atoms with van der Waals surface area (Å²) in [6.07, 6.45) is 1.39. The Morgan fingerprint density at radius 1 is 1.38 bits per heavy atom. The van der Waals surface area contributed by atoms with Gasteiger partial charge in [-0.1, -0.05) is 4.78 Å². The van der Waals surface area contributed by atoms with E-state index in [9.17, 15) is 10.1 Å². The second-order valence-electron chi connectivity index (χ2n) is 7.47. The summed E-state index contributed by atoms with van der Waals surface area (Å²) < 4.78 is 5.67. The van der Waals surface area contributed by atoms with E-state index in [1.54, 1.807) is 17.2 Å². The Morgan fingerprint density at radius 3 is 2.85 bits per heavy atom. The molecule has 1 aliphatic rings. The first-order valence-corrected chi connectivity index (χ1v) is 9.23. The number of pyridine rings is 1. The first kappa shape index (κ1) is 18.5. The van der Waals surface area contributed by atoms with Crippen LogP contribution in [0.15, 0.2) is 30.5 Å². The molecule has 2 heterocycles. The number of nitrogens with zero attached hydrogens (tertiary/aromatic N) is 3. The standard InChI is InChI=1S/C19H21N4O2.Al/c1-19(2,3)25-18(24)23-10-8-14(12-23)22-16-7-6-13(11-20)17-15(16)5-4-9-21-17;/h4-9,14,22H,10,12H2,1-3H3;. The maximum Gasteiger partial charge on any atom is 0.410 e. The van der Waals surface area contributed by atoms with Crippen molar-refractivity contribution in [2.75, 3.05) is 18.4 Å². The maximum absolute atomic E-state index is 12.3. The first-order chi connectivity index (χ1) is 12.3. The van der Waals surface area contributed by atoms with Crippen LogP contribution in [0.1, 0.15) is 26.3 Å². The van der Waals surface area contributed by atoms with Crippen LogP contribution in [0, 0.1) is 11.3 Å². The van der Waals surface area contributed by atoms with Gasteiger partial charge in [-0.25, -0.2) is 4.79 Å². The molecule has 26 heavy (non-hydrogen) atoms. The number of likely N-dealkylation sites (tertiary alicyclic amines) is 1. The molecule has 1 aromatic carbocycles. The maximum atomic E-state index is 12.3. The highest BCUT2D eigenvalue weighted by molar-refractivity contribution is 6.13. The lowest BCUT2D eigenvalue weighted by Gasteiger charge is -2.24.